The first-order valence-electron chi connectivity index (χ1n) is 7.16. The van der Waals surface area contributed by atoms with Gasteiger partial charge in [-0.2, -0.15) is 0 Å². The summed E-state index contributed by atoms with van der Waals surface area (Å²) < 4.78 is 24.0. The van der Waals surface area contributed by atoms with Crippen molar-refractivity contribution in [2.24, 2.45) is 0 Å². The standard InChI is InChI=1S/C14H17N3O7P2/c18-14(25(19,20)21,26(22,23)24)9-5-4-8-13-11-17(16-15-13)10-12-6-2-1-3-7-12/h1-9,11,18H,10H2,(H2,19,20,21)(H2,22,23,24)/b8-4+,9-5+. The summed E-state index contributed by atoms with van der Waals surface area (Å²) >= 11 is 0. The van der Waals surface area contributed by atoms with Crippen LogP contribution in [0.25, 0.3) is 6.08 Å². The second-order valence-electron chi connectivity index (χ2n) is 5.32. The van der Waals surface area contributed by atoms with Crippen LogP contribution in [0.3, 0.4) is 0 Å². The molecule has 1 aromatic heterocycles. The number of aliphatic hydroxyl groups is 1. The summed E-state index contributed by atoms with van der Waals surface area (Å²) in [6.07, 6.45) is 5.49. The van der Waals surface area contributed by atoms with Crippen LogP contribution in [-0.4, -0.2) is 44.8 Å². The van der Waals surface area contributed by atoms with E-state index in [0.29, 0.717) is 18.3 Å². The molecule has 0 aliphatic heterocycles. The molecule has 2 rings (SSSR count). The highest BCUT2D eigenvalue weighted by Crippen LogP contribution is 2.68. The van der Waals surface area contributed by atoms with E-state index < -0.39 is 20.3 Å². The number of hydrogen-bond donors (Lipinski definition) is 5. The Bertz CT molecular complexity index is 876. The molecule has 0 aliphatic carbocycles. The highest BCUT2D eigenvalue weighted by Gasteiger charge is 2.57. The molecule has 0 bridgehead atoms. The monoisotopic (exact) mass is 401 g/mol. The van der Waals surface area contributed by atoms with Crippen LogP contribution >= 0.6 is 15.2 Å². The van der Waals surface area contributed by atoms with Gasteiger partial charge < -0.3 is 24.7 Å². The zero-order valence-electron chi connectivity index (χ0n) is 13.3. The third-order valence-electron chi connectivity index (χ3n) is 3.30. The Morgan fingerprint density at radius 2 is 1.65 bits per heavy atom. The first-order chi connectivity index (χ1) is 12.0. The molecule has 1 heterocycles. The molecular formula is C14H17N3O7P2. The molecule has 26 heavy (non-hydrogen) atoms. The lowest BCUT2D eigenvalue weighted by molar-refractivity contribution is 0.168. The highest BCUT2D eigenvalue weighted by atomic mass is 31.2. The van der Waals surface area contributed by atoms with Gasteiger partial charge >= 0.3 is 15.2 Å². The molecule has 0 saturated carbocycles. The summed E-state index contributed by atoms with van der Waals surface area (Å²) in [6, 6.07) is 9.51. The molecule has 0 saturated heterocycles. The molecule has 0 spiro atoms. The van der Waals surface area contributed by atoms with E-state index in [-0.39, 0.29) is 0 Å². The maximum absolute atomic E-state index is 11.2. The average molecular weight is 401 g/mol. The zero-order chi connectivity index (χ0) is 19.4. The molecule has 140 valence electrons. The van der Waals surface area contributed by atoms with E-state index in [1.54, 1.807) is 10.9 Å². The highest BCUT2D eigenvalue weighted by molar-refractivity contribution is 7.72. The van der Waals surface area contributed by atoms with Gasteiger partial charge in [-0.15, -0.1) is 5.10 Å². The molecule has 5 N–H and O–H groups in total. The summed E-state index contributed by atoms with van der Waals surface area (Å²) in [5.74, 6) is 0. The van der Waals surface area contributed by atoms with Crippen molar-refractivity contribution in [1.29, 1.82) is 0 Å². The number of benzene rings is 1. The van der Waals surface area contributed by atoms with Gasteiger partial charge in [-0.25, -0.2) is 4.68 Å². The van der Waals surface area contributed by atoms with Crippen LogP contribution in [-0.2, 0) is 15.7 Å². The molecular weight excluding hydrogens is 384 g/mol. The molecule has 12 heteroatoms. The van der Waals surface area contributed by atoms with E-state index >= 15 is 0 Å². The van der Waals surface area contributed by atoms with Crippen molar-refractivity contribution in [2.75, 3.05) is 0 Å². The van der Waals surface area contributed by atoms with Gasteiger partial charge in [0.25, 0.3) is 5.08 Å². The minimum Gasteiger partial charge on any atom is -0.364 e. The fourth-order valence-electron chi connectivity index (χ4n) is 1.94. The second-order valence-corrected chi connectivity index (χ2v) is 9.21. The smallest absolute Gasteiger partial charge is 0.364 e. The normalized spacial score (nSPS) is 13.7. The number of nitrogens with zero attached hydrogens (tertiary/aromatic N) is 3. The number of aromatic nitrogens is 3. The molecule has 0 radical (unpaired) electrons. The molecule has 0 fully saturated rings. The third kappa shape index (κ3) is 4.84. The summed E-state index contributed by atoms with van der Waals surface area (Å²) in [6.45, 7) is 0.494. The van der Waals surface area contributed by atoms with Crippen molar-refractivity contribution < 1.29 is 33.8 Å². The largest absolute Gasteiger partial charge is 0.373 e. The summed E-state index contributed by atoms with van der Waals surface area (Å²) in [4.78, 5) is 36.0. The number of hydrogen-bond acceptors (Lipinski definition) is 5. The van der Waals surface area contributed by atoms with Crippen molar-refractivity contribution in [3.05, 3.63) is 66.0 Å². The van der Waals surface area contributed by atoms with Crippen molar-refractivity contribution in [2.45, 2.75) is 11.6 Å². The van der Waals surface area contributed by atoms with Gasteiger partial charge in [-0.1, -0.05) is 47.7 Å². The average Bonchev–Trinajstić information content (AvgIpc) is 2.97. The third-order valence-corrected chi connectivity index (χ3v) is 6.88. The lowest BCUT2D eigenvalue weighted by Crippen LogP contribution is -2.25. The minimum atomic E-state index is -5.52. The molecule has 0 unspecified atom stereocenters. The van der Waals surface area contributed by atoms with Crippen LogP contribution in [0.4, 0.5) is 0 Å². The Kier molecular flexibility index (Phi) is 6.10. The van der Waals surface area contributed by atoms with Crippen molar-refractivity contribution >= 4 is 21.3 Å². The maximum Gasteiger partial charge on any atom is 0.373 e. The zero-order valence-corrected chi connectivity index (χ0v) is 15.1. The SMILES string of the molecule is O=P(O)(O)C(O)(/C=C/C=C/c1cn(Cc2ccccc2)nn1)P(=O)(O)O. The molecule has 2 aromatic rings. The van der Waals surface area contributed by atoms with E-state index in [4.69, 9.17) is 19.6 Å². The van der Waals surface area contributed by atoms with Crippen LogP contribution in [0, 0.1) is 0 Å². The summed E-state index contributed by atoms with van der Waals surface area (Å²) in [7, 11) is -11.0. The molecule has 0 amide bonds. The fourth-order valence-corrected chi connectivity index (χ4v) is 3.86. The van der Waals surface area contributed by atoms with E-state index in [0.717, 1.165) is 11.6 Å². The topological polar surface area (TPSA) is 166 Å². The first-order valence-corrected chi connectivity index (χ1v) is 10.4. The van der Waals surface area contributed by atoms with Crippen LogP contribution in [0.5, 0.6) is 0 Å². The molecule has 0 aliphatic rings. The Labute approximate surface area is 148 Å². The number of allylic oxidation sites excluding steroid dienone is 2. The molecule has 0 atom stereocenters. The van der Waals surface area contributed by atoms with E-state index in [1.807, 2.05) is 30.3 Å². The second kappa shape index (κ2) is 7.77. The quantitative estimate of drug-likeness (QED) is 0.334. The summed E-state index contributed by atoms with van der Waals surface area (Å²) in [5, 5.41) is 13.9. The molecule has 10 nitrogen and oxygen atoms in total. The van der Waals surface area contributed by atoms with Gasteiger partial charge in [0, 0.05) is 0 Å². The maximum atomic E-state index is 11.2. The fraction of sp³-hybridized carbons (Fsp3) is 0.143. The van der Waals surface area contributed by atoms with E-state index in [1.165, 1.54) is 12.2 Å². The van der Waals surface area contributed by atoms with Gasteiger partial charge in [-0.3, -0.25) is 9.13 Å². The minimum absolute atomic E-state index is 0.361. The van der Waals surface area contributed by atoms with Crippen LogP contribution < -0.4 is 0 Å². The van der Waals surface area contributed by atoms with Crippen LogP contribution in [0.1, 0.15) is 11.3 Å². The van der Waals surface area contributed by atoms with Gasteiger partial charge in [-0.05, 0) is 17.7 Å². The predicted octanol–water partition coefficient (Wildman–Crippen LogP) is 0.897. The Morgan fingerprint density at radius 1 is 1.04 bits per heavy atom. The van der Waals surface area contributed by atoms with Crippen molar-refractivity contribution in [1.82, 2.24) is 15.0 Å². The lowest BCUT2D eigenvalue weighted by Gasteiger charge is -2.25. The van der Waals surface area contributed by atoms with E-state index in [2.05, 4.69) is 10.3 Å². The Hall–Kier alpha value is -1.90. The lowest BCUT2D eigenvalue weighted by atomic mass is 10.2. The molecule has 1 aromatic carbocycles. The van der Waals surface area contributed by atoms with E-state index in [9.17, 15) is 14.2 Å². The van der Waals surface area contributed by atoms with Crippen LogP contribution in [0.15, 0.2) is 54.8 Å². The first kappa shape index (κ1) is 20.4. The Morgan fingerprint density at radius 3 is 2.23 bits per heavy atom. The van der Waals surface area contributed by atoms with Gasteiger partial charge in [0.05, 0.1) is 12.7 Å². The van der Waals surface area contributed by atoms with Gasteiger partial charge in [0.1, 0.15) is 5.69 Å². The summed E-state index contributed by atoms with van der Waals surface area (Å²) in [5.41, 5.74) is 1.42. The Balaban J connectivity index is 2.09. The van der Waals surface area contributed by atoms with Crippen LogP contribution in [0.2, 0.25) is 0 Å². The van der Waals surface area contributed by atoms with Gasteiger partial charge in [0.15, 0.2) is 0 Å². The van der Waals surface area contributed by atoms with Crippen molar-refractivity contribution in [3.63, 3.8) is 0 Å². The predicted molar refractivity (Wildman–Crippen MR) is 92.8 cm³/mol. The number of rotatable bonds is 7. The van der Waals surface area contributed by atoms with Gasteiger partial charge in [0.2, 0.25) is 0 Å². The van der Waals surface area contributed by atoms with Crippen molar-refractivity contribution in [3.8, 4) is 0 Å².